The number of phenolic OH excluding ortho intramolecular Hbond substituents is 1. The van der Waals surface area contributed by atoms with Crippen molar-refractivity contribution in [3.8, 4) is 23.0 Å². The first-order valence-corrected chi connectivity index (χ1v) is 17.7. The van der Waals surface area contributed by atoms with Gasteiger partial charge in [0.2, 0.25) is 0 Å². The summed E-state index contributed by atoms with van der Waals surface area (Å²) >= 11 is 6.13. The SMILES string of the molecule is COc1ccc(S(=O)(=O)Nc2cc(S(=O)(=O)O)cc3cc(S(=O)(=O)O)c(/N=N\c4cc(Cl)ccc4Oc4ccccc4)c(O)c23)cc1. The van der Waals surface area contributed by atoms with Crippen molar-refractivity contribution in [2.24, 2.45) is 10.2 Å². The molecule has 0 bridgehead atoms. The summed E-state index contributed by atoms with van der Waals surface area (Å²) in [6.45, 7) is 0. The van der Waals surface area contributed by atoms with Crippen LogP contribution in [0, 0.1) is 0 Å². The summed E-state index contributed by atoms with van der Waals surface area (Å²) in [4.78, 5) is -2.20. The van der Waals surface area contributed by atoms with Gasteiger partial charge in [-0.2, -0.15) is 16.8 Å². The number of azo groups is 1. The number of benzene rings is 5. The Bertz CT molecular complexity index is 2370. The molecule has 0 heterocycles. The summed E-state index contributed by atoms with van der Waals surface area (Å²) in [6.07, 6.45) is 0. The number of ether oxygens (including phenoxy) is 2. The lowest BCUT2D eigenvalue weighted by molar-refractivity contribution is 0.414. The van der Waals surface area contributed by atoms with E-state index in [-0.39, 0.29) is 21.4 Å². The Morgan fingerprint density at radius 3 is 2.04 bits per heavy atom. The van der Waals surface area contributed by atoms with Gasteiger partial charge in [0.25, 0.3) is 30.3 Å². The summed E-state index contributed by atoms with van der Waals surface area (Å²) < 4.78 is 109. The molecule has 14 nitrogen and oxygen atoms in total. The second-order valence-corrected chi connectivity index (χ2v) is 14.5. The molecule has 0 saturated carbocycles. The first-order valence-electron chi connectivity index (χ1n) is 13.0. The minimum Gasteiger partial charge on any atom is -0.505 e. The van der Waals surface area contributed by atoms with Crippen LogP contribution in [0.4, 0.5) is 17.1 Å². The van der Waals surface area contributed by atoms with Gasteiger partial charge in [-0.1, -0.05) is 29.8 Å². The fourth-order valence-corrected chi connectivity index (χ4v) is 6.74. The van der Waals surface area contributed by atoms with E-state index in [9.17, 15) is 39.5 Å². The number of rotatable bonds is 10. The van der Waals surface area contributed by atoms with Gasteiger partial charge in [0.15, 0.2) is 11.5 Å². The van der Waals surface area contributed by atoms with Crippen molar-refractivity contribution in [2.45, 2.75) is 14.7 Å². The van der Waals surface area contributed by atoms with Gasteiger partial charge in [-0.25, -0.2) is 8.42 Å². The van der Waals surface area contributed by atoms with Crippen molar-refractivity contribution < 1.29 is 48.9 Å². The van der Waals surface area contributed by atoms with Crippen molar-refractivity contribution in [1.82, 2.24) is 0 Å². The van der Waals surface area contributed by atoms with Gasteiger partial charge in [-0.3, -0.25) is 13.8 Å². The second kappa shape index (κ2) is 12.8. The van der Waals surface area contributed by atoms with Crippen LogP contribution in [0.3, 0.4) is 0 Å². The minimum absolute atomic E-state index is 0.0377. The highest BCUT2D eigenvalue weighted by Gasteiger charge is 2.27. The van der Waals surface area contributed by atoms with Crippen LogP contribution in [0.25, 0.3) is 10.8 Å². The molecule has 0 atom stereocenters. The third-order valence-corrected chi connectivity index (χ3v) is 9.78. The summed E-state index contributed by atoms with van der Waals surface area (Å²) in [5.74, 6) is -0.170. The van der Waals surface area contributed by atoms with Crippen molar-refractivity contribution in [2.75, 3.05) is 11.8 Å². The highest BCUT2D eigenvalue weighted by Crippen LogP contribution is 2.46. The number of hydrogen-bond acceptors (Lipinski definition) is 11. The molecule has 4 N–H and O–H groups in total. The Morgan fingerprint density at radius 1 is 0.745 bits per heavy atom. The third-order valence-electron chi connectivity index (χ3n) is 6.46. The smallest absolute Gasteiger partial charge is 0.296 e. The topological polar surface area (TPSA) is 218 Å². The van der Waals surface area contributed by atoms with Crippen molar-refractivity contribution in [1.29, 1.82) is 0 Å². The maximum Gasteiger partial charge on any atom is 0.296 e. The molecule has 0 unspecified atom stereocenters. The van der Waals surface area contributed by atoms with Gasteiger partial charge in [-0.15, -0.1) is 10.2 Å². The lowest BCUT2D eigenvalue weighted by atomic mass is 10.1. The Hall–Kier alpha value is -4.78. The largest absolute Gasteiger partial charge is 0.505 e. The number of methoxy groups -OCH3 is 1. The lowest BCUT2D eigenvalue weighted by Crippen LogP contribution is -2.14. The Kier molecular flexibility index (Phi) is 9.13. The van der Waals surface area contributed by atoms with E-state index in [4.69, 9.17) is 21.1 Å². The van der Waals surface area contributed by atoms with Crippen LogP contribution in [-0.4, -0.2) is 46.6 Å². The fourth-order valence-electron chi connectivity index (χ4n) is 4.32. The number of nitrogens with one attached hydrogen (secondary N) is 1. The van der Waals surface area contributed by atoms with E-state index in [2.05, 4.69) is 15.0 Å². The standard InChI is InChI=1S/C29H22ClN3O11S3/c1-43-19-8-10-21(11-9-19)45(35,36)33-24-16-22(46(37,38)39)13-17-14-26(47(40,41)42)28(29(34)27(17)24)32-31-23-15-18(30)7-12-25(23)44-20-5-3-2-4-6-20/h2-16,33-34H,1H3,(H,37,38,39)(H,40,41,42)/b32-31-. The predicted octanol–water partition coefficient (Wildman–Crippen LogP) is 6.71. The number of aromatic hydroxyl groups is 1. The average Bonchev–Trinajstić information content (AvgIpc) is 3.00. The molecule has 0 fully saturated rings. The molecule has 0 radical (unpaired) electrons. The number of nitrogens with zero attached hydrogens (tertiary/aromatic N) is 2. The van der Waals surface area contributed by atoms with Gasteiger partial charge in [0.05, 0.1) is 28.0 Å². The average molecular weight is 720 g/mol. The Balaban J connectivity index is 1.73. The molecule has 0 aliphatic rings. The molecular weight excluding hydrogens is 698 g/mol. The fraction of sp³-hybridized carbons (Fsp3) is 0.0345. The lowest BCUT2D eigenvalue weighted by Gasteiger charge is -2.16. The number of fused-ring (bicyclic) bond motifs is 1. The molecule has 0 spiro atoms. The highest BCUT2D eigenvalue weighted by atomic mass is 35.5. The number of sulfonamides is 1. The molecule has 0 saturated heterocycles. The van der Waals surface area contributed by atoms with E-state index in [1.54, 1.807) is 30.3 Å². The Labute approximate surface area is 273 Å². The molecule has 0 aromatic heterocycles. The highest BCUT2D eigenvalue weighted by molar-refractivity contribution is 7.92. The normalized spacial score (nSPS) is 12.3. The van der Waals surface area contributed by atoms with Crippen LogP contribution >= 0.6 is 11.6 Å². The van der Waals surface area contributed by atoms with E-state index in [0.717, 1.165) is 12.1 Å². The van der Waals surface area contributed by atoms with E-state index >= 15 is 0 Å². The van der Waals surface area contributed by atoms with Crippen molar-refractivity contribution in [3.63, 3.8) is 0 Å². The monoisotopic (exact) mass is 719 g/mol. The minimum atomic E-state index is -5.20. The molecule has 0 amide bonds. The van der Waals surface area contributed by atoms with Gasteiger partial charge in [-0.05, 0) is 78.2 Å². The molecule has 0 aliphatic carbocycles. The van der Waals surface area contributed by atoms with Gasteiger partial charge in [0.1, 0.15) is 27.8 Å². The predicted molar refractivity (Wildman–Crippen MR) is 171 cm³/mol. The zero-order valence-corrected chi connectivity index (χ0v) is 27.0. The van der Waals surface area contributed by atoms with Crippen molar-refractivity contribution in [3.05, 3.63) is 96.0 Å². The molecular formula is C29H22ClN3O11S3. The zero-order chi connectivity index (χ0) is 34.1. The van der Waals surface area contributed by atoms with Crippen LogP contribution in [0.1, 0.15) is 0 Å². The molecule has 244 valence electrons. The number of phenols is 1. The van der Waals surface area contributed by atoms with E-state index in [0.29, 0.717) is 17.6 Å². The summed E-state index contributed by atoms with van der Waals surface area (Å²) in [5, 5.41) is 18.6. The molecule has 5 rings (SSSR count). The molecule has 5 aromatic carbocycles. The van der Waals surface area contributed by atoms with E-state index in [1.807, 2.05) is 0 Å². The maximum atomic E-state index is 13.3. The molecule has 47 heavy (non-hydrogen) atoms. The Morgan fingerprint density at radius 2 is 1.43 bits per heavy atom. The van der Waals surface area contributed by atoms with Crippen molar-refractivity contribution >= 4 is 69.7 Å². The van der Waals surface area contributed by atoms with E-state index in [1.165, 1.54) is 49.6 Å². The maximum absolute atomic E-state index is 13.3. The molecule has 0 aliphatic heterocycles. The van der Waals surface area contributed by atoms with Gasteiger partial charge in [0, 0.05) is 5.02 Å². The first kappa shape index (κ1) is 33.6. The van der Waals surface area contributed by atoms with E-state index < -0.39 is 67.9 Å². The quantitative estimate of drug-likeness (QED) is 0.0878. The van der Waals surface area contributed by atoms with Crippen LogP contribution < -0.4 is 14.2 Å². The third kappa shape index (κ3) is 7.46. The second-order valence-electron chi connectivity index (χ2n) is 9.60. The number of para-hydroxylation sites is 1. The number of halogens is 1. The van der Waals surface area contributed by atoms with Gasteiger partial charge < -0.3 is 14.6 Å². The van der Waals surface area contributed by atoms with Gasteiger partial charge >= 0.3 is 0 Å². The van der Waals surface area contributed by atoms with Crippen LogP contribution in [-0.2, 0) is 30.3 Å². The zero-order valence-electron chi connectivity index (χ0n) is 23.8. The van der Waals surface area contributed by atoms with Crippen LogP contribution in [0.2, 0.25) is 5.02 Å². The molecule has 5 aromatic rings. The summed E-state index contributed by atoms with van der Waals surface area (Å²) in [7, 11) is -13.3. The van der Waals surface area contributed by atoms with Crippen LogP contribution in [0.15, 0.2) is 116 Å². The first-order chi connectivity index (χ1) is 22.1. The number of hydrogen-bond donors (Lipinski definition) is 4. The summed E-state index contributed by atoms with van der Waals surface area (Å²) in [5.41, 5.74) is -1.49. The number of anilines is 1. The molecule has 18 heteroatoms. The van der Waals surface area contributed by atoms with Crippen LogP contribution in [0.5, 0.6) is 23.0 Å². The summed E-state index contributed by atoms with van der Waals surface area (Å²) in [6, 6.07) is 20.0.